The van der Waals surface area contributed by atoms with E-state index >= 15 is 0 Å². The summed E-state index contributed by atoms with van der Waals surface area (Å²) in [5.74, 6) is 1.31. The number of fused-ring (bicyclic) bond motifs is 3. The number of imidazole rings is 2. The van der Waals surface area contributed by atoms with E-state index in [1.807, 2.05) is 67.8 Å². The minimum Gasteiger partial charge on any atom is -0.465 e. The van der Waals surface area contributed by atoms with Crippen molar-refractivity contribution >= 4 is 58.0 Å². The zero-order valence-corrected chi connectivity index (χ0v) is 36.9. The maximum absolute atomic E-state index is 13.9. The number of carbonyl (C=O) groups is 4. The number of rotatable bonds is 11. The monoisotopic (exact) mass is 880 g/mol. The van der Waals surface area contributed by atoms with Gasteiger partial charge in [-0.25, -0.2) is 19.6 Å². The van der Waals surface area contributed by atoms with Gasteiger partial charge in [-0.2, -0.15) is 0 Å². The van der Waals surface area contributed by atoms with Crippen LogP contribution < -0.4 is 5.32 Å². The number of halogens is 2. The third-order valence-corrected chi connectivity index (χ3v) is 13.9. The molecule has 0 bridgehead atoms. The minimum atomic E-state index is -1.14. The van der Waals surface area contributed by atoms with Crippen LogP contribution in [0.5, 0.6) is 0 Å². The molecule has 9 rings (SSSR count). The highest BCUT2D eigenvalue weighted by molar-refractivity contribution is 6.32. The predicted molar refractivity (Wildman–Crippen MR) is 235 cm³/mol. The average Bonchev–Trinajstić information content (AvgIpc) is 3.96. The number of aromatic amines is 2. The van der Waals surface area contributed by atoms with Crippen LogP contribution in [0.25, 0.3) is 44.4 Å². The number of alkyl carbamates (subject to hydrolysis) is 1. The summed E-state index contributed by atoms with van der Waals surface area (Å²) in [5.41, 5.74) is 5.12. The first-order valence-corrected chi connectivity index (χ1v) is 22.0. The van der Waals surface area contributed by atoms with E-state index in [2.05, 4.69) is 45.6 Å². The molecule has 14 nitrogen and oxygen atoms in total. The first-order valence-electron chi connectivity index (χ1n) is 21.2. The summed E-state index contributed by atoms with van der Waals surface area (Å²) in [6.45, 7) is 7.53. The Morgan fingerprint density at radius 2 is 1.21 bits per heavy atom. The van der Waals surface area contributed by atoms with Gasteiger partial charge in [0, 0.05) is 30.3 Å². The quantitative estimate of drug-likeness (QED) is 0.102. The molecule has 2 saturated heterocycles. The number of methoxy groups -OCH3 is 1. The lowest BCUT2D eigenvalue weighted by Gasteiger charge is -2.35. The Morgan fingerprint density at radius 1 is 0.726 bits per heavy atom. The van der Waals surface area contributed by atoms with E-state index in [1.165, 1.54) is 14.2 Å². The average molecular weight is 882 g/mol. The number of benzene rings is 3. The van der Waals surface area contributed by atoms with Crippen molar-refractivity contribution in [2.75, 3.05) is 14.2 Å². The highest BCUT2D eigenvalue weighted by Gasteiger charge is 2.58. The summed E-state index contributed by atoms with van der Waals surface area (Å²) < 4.78 is 4.80. The predicted octanol–water partition coefficient (Wildman–Crippen LogP) is 8.93. The summed E-state index contributed by atoms with van der Waals surface area (Å²) in [6.07, 6.45) is 1.59. The van der Waals surface area contributed by atoms with Crippen molar-refractivity contribution in [1.82, 2.24) is 40.0 Å². The molecule has 2 aromatic heterocycles. The number of nitrogens with zero attached hydrogens (tertiary/aromatic N) is 5. The molecule has 4 N–H and O–H groups in total. The number of likely N-dealkylation sites (tertiary alicyclic amines) is 2. The molecule has 0 spiro atoms. The summed E-state index contributed by atoms with van der Waals surface area (Å²) in [4.78, 5) is 72.9. The van der Waals surface area contributed by atoms with Crippen LogP contribution in [0, 0.1) is 23.7 Å². The third-order valence-electron chi connectivity index (χ3n) is 13.3. The van der Waals surface area contributed by atoms with Crippen molar-refractivity contribution in [1.29, 1.82) is 0 Å². The second-order valence-corrected chi connectivity index (χ2v) is 18.7. The molecule has 324 valence electrons. The number of amides is 4. The molecule has 4 fully saturated rings. The fourth-order valence-electron chi connectivity index (χ4n) is 9.91. The van der Waals surface area contributed by atoms with Gasteiger partial charge in [-0.15, -0.1) is 0 Å². The number of hydrogen-bond acceptors (Lipinski definition) is 7. The Morgan fingerprint density at radius 3 is 1.73 bits per heavy atom. The van der Waals surface area contributed by atoms with Gasteiger partial charge in [0.2, 0.25) is 11.8 Å². The molecule has 4 amide bonds. The fourth-order valence-corrected chi connectivity index (χ4v) is 10.4. The standard InChI is InChI=1S/C46H50Cl2N8O6/c1-21(2)35(51-45(59)62-6)43(57)55-31-17-29(31)19-33(55)41-49-36(39(47)52-41)24-9-7-23(8-10-24)25-11-12-27-16-28(14-13-26(27)15-25)37-40(48)53-42(50-37)34-20-30-18-32(30)56(34)44(58)38(22(3)4)54(5)46(60)61/h7-16,21-22,29-35,38H,17-20H2,1-6H3,(H,49,52)(H,50,53)(H,51,59)(H,60,61)/t29-,30+,31+,32+,33-,34-,35-,38-/m0/s1. The van der Waals surface area contributed by atoms with Gasteiger partial charge >= 0.3 is 12.2 Å². The van der Waals surface area contributed by atoms with E-state index in [0.29, 0.717) is 45.2 Å². The van der Waals surface area contributed by atoms with E-state index in [1.54, 1.807) is 0 Å². The molecule has 5 aromatic rings. The molecule has 4 aliphatic rings. The molecule has 16 heteroatoms. The van der Waals surface area contributed by atoms with Gasteiger partial charge in [-0.1, -0.05) is 99.4 Å². The number of likely N-dealkylation sites (N-methyl/N-ethyl adjacent to an activating group) is 1. The summed E-state index contributed by atoms with van der Waals surface area (Å²) in [5, 5.41) is 15.1. The molecular weight excluding hydrogens is 831 g/mol. The van der Waals surface area contributed by atoms with Crippen molar-refractivity contribution in [2.45, 2.75) is 89.6 Å². The lowest BCUT2D eigenvalue weighted by Crippen LogP contribution is -2.52. The van der Waals surface area contributed by atoms with Crippen molar-refractivity contribution in [3.63, 3.8) is 0 Å². The van der Waals surface area contributed by atoms with Gasteiger partial charge in [0.15, 0.2) is 10.3 Å². The van der Waals surface area contributed by atoms with Gasteiger partial charge in [0.1, 0.15) is 23.7 Å². The summed E-state index contributed by atoms with van der Waals surface area (Å²) in [6, 6.07) is 18.6. The number of carboxylic acid groups (broad SMARTS) is 1. The Kier molecular flexibility index (Phi) is 10.7. The van der Waals surface area contributed by atoms with Crippen LogP contribution in [0.2, 0.25) is 10.3 Å². The van der Waals surface area contributed by atoms with Gasteiger partial charge in [0.05, 0.1) is 30.6 Å². The number of nitrogens with one attached hydrogen (secondary N) is 3. The van der Waals surface area contributed by atoms with E-state index in [0.717, 1.165) is 63.6 Å². The van der Waals surface area contributed by atoms with Crippen LogP contribution in [0.15, 0.2) is 60.7 Å². The topological polar surface area (TPSA) is 177 Å². The van der Waals surface area contributed by atoms with Gasteiger partial charge in [0.25, 0.3) is 0 Å². The first-order chi connectivity index (χ1) is 29.6. The van der Waals surface area contributed by atoms with Crippen LogP contribution >= 0.6 is 23.2 Å². The summed E-state index contributed by atoms with van der Waals surface area (Å²) >= 11 is 13.5. The minimum absolute atomic E-state index is 0.0744. The molecule has 62 heavy (non-hydrogen) atoms. The number of piperidine rings is 2. The number of H-pyrrole nitrogens is 2. The van der Waals surface area contributed by atoms with E-state index < -0.39 is 24.3 Å². The lowest BCUT2D eigenvalue weighted by molar-refractivity contribution is -0.140. The van der Waals surface area contributed by atoms with E-state index in [-0.39, 0.29) is 47.8 Å². The van der Waals surface area contributed by atoms with Crippen molar-refractivity contribution in [2.24, 2.45) is 23.7 Å². The Labute approximate surface area is 369 Å². The maximum atomic E-state index is 13.9. The molecule has 2 aliphatic heterocycles. The Bertz CT molecular complexity index is 2590. The van der Waals surface area contributed by atoms with Crippen LogP contribution in [0.3, 0.4) is 0 Å². The maximum Gasteiger partial charge on any atom is 0.407 e. The molecular formula is C46H50Cl2N8O6. The lowest BCUT2D eigenvalue weighted by atomic mass is 9.98. The highest BCUT2D eigenvalue weighted by atomic mass is 35.5. The number of ether oxygens (including phenoxy) is 1. The summed E-state index contributed by atoms with van der Waals surface area (Å²) in [7, 11) is 2.74. The van der Waals surface area contributed by atoms with Crippen LogP contribution in [-0.4, -0.2) is 102 Å². The van der Waals surface area contributed by atoms with Crippen LogP contribution in [-0.2, 0) is 14.3 Å². The number of hydrogen-bond donors (Lipinski definition) is 4. The molecule has 0 unspecified atom stereocenters. The SMILES string of the molecule is COC(=O)N[C@H](C(=O)N1[C@@H]2C[C@H]2C[C@H]1c1nc(Cl)c(-c2ccc(-c3ccc4cc(-c5[nH]c([C@@H]6C[C@H]7C[C@H]7N6C(=O)[C@H](C(C)C)N(C)C(=O)O)nc5Cl)ccc4c3)cc2)[nH]1)C(C)C. The second-order valence-electron chi connectivity index (χ2n) is 18.0. The molecule has 2 aliphatic carbocycles. The van der Waals surface area contributed by atoms with Crippen molar-refractivity contribution < 1.29 is 29.0 Å². The molecule has 8 atom stereocenters. The van der Waals surface area contributed by atoms with Gasteiger partial charge < -0.3 is 34.9 Å². The van der Waals surface area contributed by atoms with Gasteiger partial charge in [-0.3, -0.25) is 14.5 Å². The third kappa shape index (κ3) is 7.44. The molecule has 3 aromatic carbocycles. The highest BCUT2D eigenvalue weighted by Crippen LogP contribution is 2.55. The second kappa shape index (κ2) is 15.9. The van der Waals surface area contributed by atoms with Gasteiger partial charge in [-0.05, 0) is 83.4 Å². The number of aromatic nitrogens is 4. The van der Waals surface area contributed by atoms with Crippen LogP contribution in [0.4, 0.5) is 9.59 Å². The van der Waals surface area contributed by atoms with Crippen molar-refractivity contribution in [3.05, 3.63) is 82.6 Å². The fraction of sp³-hybridized carbons (Fsp3) is 0.435. The van der Waals surface area contributed by atoms with E-state index in [9.17, 15) is 24.3 Å². The zero-order chi connectivity index (χ0) is 43.9. The molecule has 2 saturated carbocycles. The number of carbonyl (C=O) groups excluding carboxylic acids is 3. The first kappa shape index (κ1) is 41.7. The largest absolute Gasteiger partial charge is 0.465 e. The van der Waals surface area contributed by atoms with E-state index in [4.69, 9.17) is 37.9 Å². The zero-order valence-electron chi connectivity index (χ0n) is 35.4. The Balaban J connectivity index is 0.911. The normalized spacial score (nSPS) is 23.3. The van der Waals surface area contributed by atoms with Crippen LogP contribution in [0.1, 0.15) is 77.1 Å². The molecule has 4 heterocycles. The Hall–Kier alpha value is -5.60. The molecule has 0 radical (unpaired) electrons. The van der Waals surface area contributed by atoms with Crippen molar-refractivity contribution in [3.8, 4) is 33.6 Å². The smallest absolute Gasteiger partial charge is 0.407 e.